The Labute approximate surface area is 271 Å². The van der Waals surface area contributed by atoms with Crippen LogP contribution in [0, 0.1) is 0 Å². The topological polar surface area (TPSA) is 100 Å². The van der Waals surface area contributed by atoms with Crippen molar-refractivity contribution in [3.63, 3.8) is 0 Å². The number of benzene rings is 2. The second-order valence-corrected chi connectivity index (χ2v) is 16.0. The third kappa shape index (κ3) is 6.88. The summed E-state index contributed by atoms with van der Waals surface area (Å²) in [7, 11) is 1.11. The maximum absolute atomic E-state index is 13.7. The number of hydrogen-bond acceptors (Lipinski definition) is 9. The minimum absolute atomic E-state index is 0.376. The van der Waals surface area contributed by atoms with Gasteiger partial charge in [0.05, 0.1) is 29.2 Å². The molecule has 0 atom stereocenters. The monoisotopic (exact) mass is 696 g/mol. The highest BCUT2D eigenvalue weighted by molar-refractivity contribution is 9.10. The van der Waals surface area contributed by atoms with E-state index in [1.165, 1.54) is 5.69 Å². The summed E-state index contributed by atoms with van der Waals surface area (Å²) in [5.74, 6) is 1.58. The lowest BCUT2D eigenvalue weighted by Crippen LogP contribution is -2.40. The van der Waals surface area contributed by atoms with Crippen LogP contribution in [-0.2, 0) is 18.0 Å². The van der Waals surface area contributed by atoms with Gasteiger partial charge in [0, 0.05) is 86.3 Å². The van der Waals surface area contributed by atoms with E-state index in [2.05, 4.69) is 58.6 Å². The Morgan fingerprint density at radius 1 is 1.04 bits per heavy atom. The molecule has 1 fully saturated rings. The predicted molar refractivity (Wildman–Crippen MR) is 184 cm³/mol. The number of nitrogens with zero attached hydrogens (tertiary/aromatic N) is 6. The van der Waals surface area contributed by atoms with Crippen LogP contribution in [0.25, 0.3) is 11.1 Å². The van der Waals surface area contributed by atoms with Crippen LogP contribution in [0.15, 0.2) is 53.3 Å². The highest BCUT2D eigenvalue weighted by Crippen LogP contribution is 2.43. The van der Waals surface area contributed by atoms with Gasteiger partial charge in [-0.2, -0.15) is 10.1 Å². The lowest BCUT2D eigenvalue weighted by molar-refractivity contribution is 0.153. The lowest BCUT2D eigenvalue weighted by Gasteiger charge is -2.32. The van der Waals surface area contributed by atoms with Gasteiger partial charge in [-0.15, -0.1) is 0 Å². The van der Waals surface area contributed by atoms with Crippen LogP contribution in [0.1, 0.15) is 18.5 Å². The Balaban J connectivity index is 1.32. The first kappa shape index (κ1) is 31.5. The number of para-hydroxylation sites is 1. The van der Waals surface area contributed by atoms with Gasteiger partial charge in [0.25, 0.3) is 0 Å². The van der Waals surface area contributed by atoms with Gasteiger partial charge in [0.15, 0.2) is 0 Å². The molecule has 45 heavy (non-hydrogen) atoms. The van der Waals surface area contributed by atoms with Crippen molar-refractivity contribution in [3.05, 3.63) is 59.0 Å². The normalized spacial score (nSPS) is 15.7. The number of rotatable bonds is 9. The van der Waals surface area contributed by atoms with Crippen molar-refractivity contribution in [2.24, 2.45) is 7.05 Å². The molecule has 10 nitrogen and oxygen atoms in total. The highest BCUT2D eigenvalue weighted by atomic mass is 79.9. The number of methoxy groups -OCH3 is 1. The molecular formula is C32H39BrFN8O2P. The predicted octanol–water partition coefficient (Wildman–Crippen LogP) is 6.18. The fraction of sp³-hybridized carbons (Fsp3) is 0.406. The van der Waals surface area contributed by atoms with Crippen LogP contribution >= 0.6 is 23.1 Å². The largest absolute Gasteiger partial charge is 0.494 e. The Morgan fingerprint density at radius 2 is 1.82 bits per heavy atom. The van der Waals surface area contributed by atoms with Crippen molar-refractivity contribution in [1.29, 1.82) is 0 Å². The molecule has 0 aliphatic carbocycles. The minimum Gasteiger partial charge on any atom is -0.494 e. The molecule has 0 radical (unpaired) electrons. The molecule has 2 N–H and O–H groups in total. The molecule has 0 unspecified atom stereocenters. The van der Waals surface area contributed by atoms with Crippen LogP contribution < -0.4 is 25.6 Å². The third-order valence-electron chi connectivity index (χ3n) is 8.56. The van der Waals surface area contributed by atoms with Gasteiger partial charge < -0.3 is 29.7 Å². The van der Waals surface area contributed by atoms with E-state index in [4.69, 9.17) is 9.72 Å². The fourth-order valence-electron chi connectivity index (χ4n) is 6.09. The maximum Gasteiger partial charge on any atom is 0.229 e. The number of hydrogen-bond donors (Lipinski definition) is 2. The van der Waals surface area contributed by atoms with E-state index in [1.54, 1.807) is 26.6 Å². The van der Waals surface area contributed by atoms with E-state index >= 15 is 0 Å². The summed E-state index contributed by atoms with van der Waals surface area (Å²) < 4.78 is 35.2. The van der Waals surface area contributed by atoms with Gasteiger partial charge in [-0.05, 0) is 60.3 Å². The molecule has 0 amide bonds. The first-order chi connectivity index (χ1) is 21.6. The zero-order valence-corrected chi connectivity index (χ0v) is 28.5. The molecule has 2 aromatic heterocycles. The number of alkyl halides is 1. The Morgan fingerprint density at radius 3 is 2.58 bits per heavy atom. The van der Waals surface area contributed by atoms with Gasteiger partial charge in [0.1, 0.15) is 24.9 Å². The quantitative estimate of drug-likeness (QED) is 0.199. The van der Waals surface area contributed by atoms with Gasteiger partial charge in [-0.1, -0.05) is 12.1 Å². The maximum atomic E-state index is 13.7. The SMILES string of the molecule is COc1cc2c(cc1Nc1ncc(Br)c(Nc3ccccc3P(C)(C)=O)n1)-c1cnn(C)c1CCN2CCN1CCC(F)CC1. The molecule has 2 aliphatic heterocycles. The summed E-state index contributed by atoms with van der Waals surface area (Å²) >= 11 is 3.56. The molecule has 4 aromatic rings. The Kier molecular flexibility index (Phi) is 9.17. The summed E-state index contributed by atoms with van der Waals surface area (Å²) in [5.41, 5.74) is 5.83. The van der Waals surface area contributed by atoms with E-state index in [0.717, 1.165) is 72.6 Å². The van der Waals surface area contributed by atoms with Crippen LogP contribution in [-0.4, -0.2) is 84.0 Å². The van der Waals surface area contributed by atoms with E-state index in [1.807, 2.05) is 42.2 Å². The molecule has 13 heteroatoms. The first-order valence-electron chi connectivity index (χ1n) is 15.2. The average molecular weight is 698 g/mol. The molecule has 238 valence electrons. The van der Waals surface area contributed by atoms with Crippen molar-refractivity contribution < 1.29 is 13.7 Å². The minimum atomic E-state index is -2.53. The summed E-state index contributed by atoms with van der Waals surface area (Å²) in [6.07, 6.45) is 5.00. The molecule has 4 heterocycles. The van der Waals surface area contributed by atoms with Crippen LogP contribution in [0.5, 0.6) is 5.75 Å². The number of piperidine rings is 1. The highest BCUT2D eigenvalue weighted by Gasteiger charge is 2.26. The number of aryl methyl sites for hydroxylation is 1. The smallest absolute Gasteiger partial charge is 0.229 e. The van der Waals surface area contributed by atoms with Crippen molar-refractivity contribution >= 4 is 57.2 Å². The second-order valence-electron chi connectivity index (χ2n) is 12.0. The number of ether oxygens (including phenoxy) is 1. The fourth-order valence-corrected chi connectivity index (χ4v) is 7.54. The number of likely N-dealkylation sites (tertiary alicyclic amines) is 1. The molecule has 0 bridgehead atoms. The molecule has 1 saturated heterocycles. The molecule has 6 rings (SSSR count). The third-order valence-corrected chi connectivity index (χ3v) is 10.7. The van der Waals surface area contributed by atoms with E-state index in [-0.39, 0.29) is 0 Å². The Hall–Kier alpha value is -3.47. The van der Waals surface area contributed by atoms with Gasteiger partial charge >= 0.3 is 0 Å². The average Bonchev–Trinajstić information content (AvgIpc) is 3.31. The molecule has 2 aromatic carbocycles. The van der Waals surface area contributed by atoms with E-state index in [0.29, 0.717) is 34.8 Å². The summed E-state index contributed by atoms with van der Waals surface area (Å²) in [5, 5.41) is 12.0. The van der Waals surface area contributed by atoms with Crippen LogP contribution in [0.3, 0.4) is 0 Å². The van der Waals surface area contributed by atoms with Crippen molar-refractivity contribution in [1.82, 2.24) is 24.6 Å². The van der Waals surface area contributed by atoms with Crippen molar-refractivity contribution in [2.75, 3.05) is 68.7 Å². The summed E-state index contributed by atoms with van der Waals surface area (Å²) in [6, 6.07) is 11.7. The molecule has 0 spiro atoms. The van der Waals surface area contributed by atoms with E-state index in [9.17, 15) is 8.96 Å². The lowest BCUT2D eigenvalue weighted by atomic mass is 10.0. The number of fused-ring (bicyclic) bond motifs is 3. The van der Waals surface area contributed by atoms with Crippen molar-refractivity contribution in [3.8, 4) is 16.9 Å². The standard InChI is InChI=1S/C32H39BrFN8O2P/c1-40-27-11-14-42(16-15-41-12-9-21(34)10-13-41)28-18-29(44-2)26(17-22(28)23(27)19-36-40)38-32-35-20-24(33)31(39-32)37-25-7-5-6-8-30(25)45(3,4)43/h5-8,17-21H,9-16H2,1-4H3,(H2,35,37,38,39). The van der Waals surface area contributed by atoms with Gasteiger partial charge in [-0.3, -0.25) is 4.68 Å². The zero-order valence-electron chi connectivity index (χ0n) is 26.1. The number of nitrogens with one attached hydrogen (secondary N) is 2. The molecule has 0 saturated carbocycles. The number of aromatic nitrogens is 4. The van der Waals surface area contributed by atoms with Gasteiger partial charge in [-0.25, -0.2) is 9.37 Å². The summed E-state index contributed by atoms with van der Waals surface area (Å²) in [6.45, 7) is 7.64. The number of anilines is 5. The Bertz CT molecular complexity index is 1740. The summed E-state index contributed by atoms with van der Waals surface area (Å²) in [4.78, 5) is 14.0. The van der Waals surface area contributed by atoms with E-state index < -0.39 is 13.3 Å². The van der Waals surface area contributed by atoms with Crippen LogP contribution in [0.4, 0.5) is 33.2 Å². The van der Waals surface area contributed by atoms with Gasteiger partial charge in [0.2, 0.25) is 5.95 Å². The van der Waals surface area contributed by atoms with Crippen molar-refractivity contribution in [2.45, 2.75) is 25.4 Å². The second kappa shape index (κ2) is 13.1. The first-order valence-corrected chi connectivity index (χ1v) is 18.6. The molecule has 2 aliphatic rings. The number of halogens is 2. The zero-order chi connectivity index (χ0) is 31.7. The molecular weight excluding hydrogens is 658 g/mol. The van der Waals surface area contributed by atoms with Crippen LogP contribution in [0.2, 0.25) is 0 Å².